The van der Waals surface area contributed by atoms with E-state index in [9.17, 15) is 0 Å². The molecule has 0 spiro atoms. The van der Waals surface area contributed by atoms with E-state index in [0.717, 1.165) is 12.8 Å². The van der Waals surface area contributed by atoms with Crippen molar-refractivity contribution >= 4 is 21.1 Å². The van der Waals surface area contributed by atoms with E-state index >= 15 is 0 Å². The summed E-state index contributed by atoms with van der Waals surface area (Å²) < 4.78 is 0. The number of hydrogen-bond acceptors (Lipinski definition) is 0. The largest absolute Gasteiger partial charge is 1.00 e. The van der Waals surface area contributed by atoms with Crippen LogP contribution in [0.5, 0.6) is 0 Å². The number of halogens is 2. The molecule has 4 rings (SSSR count). The predicted octanol–water partition coefficient (Wildman–Crippen LogP) is 1.86. The van der Waals surface area contributed by atoms with Gasteiger partial charge in [-0.15, -0.1) is 24.0 Å². The van der Waals surface area contributed by atoms with E-state index in [1.807, 2.05) is 0 Å². The second-order valence-electron chi connectivity index (χ2n) is 7.98. The van der Waals surface area contributed by atoms with Gasteiger partial charge < -0.3 is 24.8 Å². The Kier molecular flexibility index (Phi) is 15.8. The van der Waals surface area contributed by atoms with Crippen molar-refractivity contribution in [3.63, 3.8) is 0 Å². The smallest absolute Gasteiger partial charge is 1.00 e. The van der Waals surface area contributed by atoms with Crippen LogP contribution in [0.25, 0.3) is 11.1 Å². The minimum absolute atomic E-state index is 0. The number of hydrogen-bond donors (Lipinski definition) is 0. The van der Waals surface area contributed by atoms with E-state index in [1.165, 1.54) is 44.5 Å². The number of allylic oxidation sites excluding steroid dienone is 8. The minimum atomic E-state index is -0.243. The van der Waals surface area contributed by atoms with E-state index in [2.05, 4.69) is 112 Å². The van der Waals surface area contributed by atoms with Crippen molar-refractivity contribution in [2.75, 3.05) is 0 Å². The Bertz CT molecular complexity index is 913. The van der Waals surface area contributed by atoms with E-state index in [1.54, 1.807) is 21.6 Å². The molecule has 2 aliphatic rings. The van der Waals surface area contributed by atoms with Gasteiger partial charge in [0.2, 0.25) is 0 Å². The molecule has 0 atom stereocenters. The number of rotatable bonds is 2. The van der Waals surface area contributed by atoms with Crippen molar-refractivity contribution in [3.8, 4) is 0 Å². The number of benzene rings is 2. The quantitative estimate of drug-likeness (QED) is 0.364. The molecule has 2 aromatic carbocycles. The van der Waals surface area contributed by atoms with Gasteiger partial charge in [0.1, 0.15) is 0 Å². The van der Waals surface area contributed by atoms with Gasteiger partial charge in [0.05, 0.1) is 0 Å². The summed E-state index contributed by atoms with van der Waals surface area (Å²) in [6.07, 6.45) is 13.0. The van der Waals surface area contributed by atoms with E-state index in [0.29, 0.717) is 0 Å². The van der Waals surface area contributed by atoms with E-state index in [4.69, 9.17) is 0 Å². The van der Waals surface area contributed by atoms with Crippen LogP contribution in [0.1, 0.15) is 48.9 Å². The Morgan fingerprint density at radius 2 is 0.906 bits per heavy atom. The fraction of sp³-hybridized carbons (Fsp3) is 0.286. The van der Waals surface area contributed by atoms with Gasteiger partial charge in [0.25, 0.3) is 0 Å². The molecule has 0 unspecified atom stereocenters. The fourth-order valence-corrected chi connectivity index (χ4v) is 3.24. The van der Waals surface area contributed by atoms with Gasteiger partial charge in [0.15, 0.2) is 0 Å². The molecule has 4 heteroatoms. The monoisotopic (exact) mass is 602 g/mol. The average Bonchev–Trinajstić information content (AvgIpc) is 3.31. The molecular formula is C28H32Cl2GeZr-2. The van der Waals surface area contributed by atoms with Crippen molar-refractivity contribution in [1.29, 1.82) is 0 Å². The molecule has 0 saturated heterocycles. The zero-order chi connectivity index (χ0) is 22.1. The summed E-state index contributed by atoms with van der Waals surface area (Å²) in [5.41, 5.74) is 10.5. The summed E-state index contributed by atoms with van der Waals surface area (Å²) in [5.74, 6) is 4.75. The van der Waals surface area contributed by atoms with E-state index in [-0.39, 0.29) is 34.8 Å². The van der Waals surface area contributed by atoms with Crippen LogP contribution in [-0.4, -0.2) is 9.98 Å². The van der Waals surface area contributed by atoms with Gasteiger partial charge in [-0.25, -0.2) is 11.1 Å². The Morgan fingerprint density at radius 1 is 0.625 bits per heavy atom. The van der Waals surface area contributed by atoms with Gasteiger partial charge in [-0.3, -0.25) is 12.2 Å². The fourth-order valence-electron chi connectivity index (χ4n) is 3.24. The standard InChI is InChI=1S/2C13H13.C2H6Ge.2ClH.Zr/c2*1-10-6-8-12(9-7-10)13-5-3-4-11(13)2;1-3-2;;;/h2*5-9H,3H2,1-2H3;1-2H3;2*1H;/q2*-1;;;;+2/p-2. The van der Waals surface area contributed by atoms with Gasteiger partial charge in [0, 0.05) is 0 Å². The summed E-state index contributed by atoms with van der Waals surface area (Å²) >= 11 is 1.80. The SMILES string of the molecule is CC1=[C-]CC=C1c1ccc(C)cc1.CC1=[C-]CC=C1c1ccc(C)cc1.[CH3][Ge]([CH3])=[Zr+2].[Cl-].[Cl-]. The van der Waals surface area contributed by atoms with Crippen molar-refractivity contribution in [3.05, 3.63) is 106 Å². The maximum absolute atomic E-state index is 3.31. The molecule has 0 aliphatic heterocycles. The van der Waals surface area contributed by atoms with Crippen molar-refractivity contribution in [2.45, 2.75) is 52.0 Å². The first-order chi connectivity index (χ1) is 14.3. The van der Waals surface area contributed by atoms with Crippen LogP contribution < -0.4 is 24.8 Å². The molecule has 2 aliphatic carbocycles. The third-order valence-electron chi connectivity index (χ3n) is 4.88. The summed E-state index contributed by atoms with van der Waals surface area (Å²) in [5, 5.41) is 0. The van der Waals surface area contributed by atoms with Crippen LogP contribution in [0.2, 0.25) is 11.5 Å². The maximum atomic E-state index is 3.31. The van der Waals surface area contributed by atoms with Gasteiger partial charge in [-0.05, 0) is 13.8 Å². The third-order valence-corrected chi connectivity index (χ3v) is 4.88. The Hall–Kier alpha value is -0.594. The topological polar surface area (TPSA) is 0 Å². The van der Waals surface area contributed by atoms with Gasteiger partial charge >= 0.3 is 43.1 Å². The number of aryl methyl sites for hydroxylation is 2. The minimum Gasteiger partial charge on any atom is -1.00 e. The zero-order valence-corrected chi connectivity index (χ0v) is 26.0. The first-order valence-electron chi connectivity index (χ1n) is 10.5. The normalized spacial score (nSPS) is 13.5. The van der Waals surface area contributed by atoms with Crippen LogP contribution in [0, 0.1) is 26.0 Å². The predicted molar refractivity (Wildman–Crippen MR) is 130 cm³/mol. The van der Waals surface area contributed by atoms with Gasteiger partial charge in [-0.2, -0.15) is 23.3 Å². The Balaban J connectivity index is 0.000000490. The molecule has 0 saturated carbocycles. The van der Waals surface area contributed by atoms with Crippen LogP contribution >= 0.6 is 0 Å². The Labute approximate surface area is 224 Å². The summed E-state index contributed by atoms with van der Waals surface area (Å²) in [6, 6.07) is 17.3. The van der Waals surface area contributed by atoms with Crippen molar-refractivity contribution < 1.29 is 46.4 Å². The average molecular weight is 603 g/mol. The molecule has 0 aromatic heterocycles. The second kappa shape index (κ2) is 16.1. The van der Waals surface area contributed by atoms with E-state index < -0.39 is 0 Å². The van der Waals surface area contributed by atoms with Crippen LogP contribution in [0.15, 0.2) is 71.8 Å². The zero-order valence-electron chi connectivity index (χ0n) is 19.9. The molecule has 0 heterocycles. The first-order valence-corrected chi connectivity index (χ1v) is 22.1. The summed E-state index contributed by atoms with van der Waals surface area (Å²) in [6.45, 7) is 8.47. The molecule has 32 heavy (non-hydrogen) atoms. The Morgan fingerprint density at radius 3 is 1.12 bits per heavy atom. The third kappa shape index (κ3) is 10.6. The molecule has 2 aromatic rings. The van der Waals surface area contributed by atoms with Crippen LogP contribution in [-0.2, 0) is 21.6 Å². The van der Waals surface area contributed by atoms with Crippen molar-refractivity contribution in [2.24, 2.45) is 0 Å². The molecule has 0 radical (unpaired) electrons. The summed E-state index contributed by atoms with van der Waals surface area (Å²) in [7, 11) is -0.243. The second-order valence-corrected chi connectivity index (χ2v) is 24.9. The molecule has 0 N–H and O–H groups in total. The molecule has 168 valence electrons. The molecule has 0 fully saturated rings. The van der Waals surface area contributed by atoms with Crippen molar-refractivity contribution in [1.82, 2.24) is 0 Å². The first kappa shape index (κ1) is 31.4. The molecule has 0 amide bonds. The van der Waals surface area contributed by atoms with Crippen LogP contribution in [0.3, 0.4) is 0 Å². The molecule has 0 nitrogen and oxygen atoms in total. The van der Waals surface area contributed by atoms with Gasteiger partial charge in [-0.1, -0.05) is 73.5 Å². The molecule has 0 bridgehead atoms. The maximum Gasteiger partial charge on any atom is -1.00 e. The summed E-state index contributed by atoms with van der Waals surface area (Å²) in [4.78, 5) is 0. The molecular weight excluding hydrogens is 571 g/mol. The van der Waals surface area contributed by atoms with Crippen LogP contribution in [0.4, 0.5) is 0 Å².